The van der Waals surface area contributed by atoms with E-state index in [9.17, 15) is 4.79 Å². The number of nitrogens with one attached hydrogen (secondary N) is 1. The summed E-state index contributed by atoms with van der Waals surface area (Å²) in [4.78, 5) is 12.5. The van der Waals surface area contributed by atoms with Crippen LogP contribution in [0.25, 0.3) is 0 Å². The molecule has 3 heterocycles. The van der Waals surface area contributed by atoms with Crippen molar-refractivity contribution in [1.82, 2.24) is 19.6 Å². The number of benzene rings is 1. The summed E-state index contributed by atoms with van der Waals surface area (Å²) in [5.74, 6) is 0.691. The molecular weight excluding hydrogens is 441 g/mol. The minimum absolute atomic E-state index is 0.108. The second kappa shape index (κ2) is 9.28. The van der Waals surface area contributed by atoms with Crippen molar-refractivity contribution >= 4 is 34.8 Å². The van der Waals surface area contributed by atoms with Gasteiger partial charge in [0.05, 0.1) is 29.6 Å². The quantitative estimate of drug-likeness (QED) is 0.405. The molecule has 0 atom stereocenters. The van der Waals surface area contributed by atoms with Gasteiger partial charge in [0, 0.05) is 24.5 Å². The molecule has 1 N–H and O–H groups in total. The Hall–Kier alpha value is -3.23. The fraction of sp³-hybridized carbons (Fsp3) is 0.190. The van der Waals surface area contributed by atoms with Gasteiger partial charge in [-0.25, -0.2) is 0 Å². The summed E-state index contributed by atoms with van der Waals surface area (Å²) >= 11 is 12.1. The first-order chi connectivity index (χ1) is 15.0. The van der Waals surface area contributed by atoms with Crippen LogP contribution in [0.4, 0.5) is 5.69 Å². The molecule has 0 aliphatic carbocycles. The van der Waals surface area contributed by atoms with Gasteiger partial charge < -0.3 is 14.5 Å². The highest BCUT2D eigenvalue weighted by Crippen LogP contribution is 2.32. The summed E-state index contributed by atoms with van der Waals surface area (Å²) in [6.45, 7) is 3.50. The SMILES string of the molecule is CCn1cc(Cn2cc(NC(=O)c3ccc(COc4cccc(Cl)c4Cl)o3)cn2)cn1. The van der Waals surface area contributed by atoms with Crippen LogP contribution in [0.5, 0.6) is 5.75 Å². The fourth-order valence-electron chi connectivity index (χ4n) is 2.88. The van der Waals surface area contributed by atoms with Gasteiger partial charge in [0.2, 0.25) is 0 Å². The highest BCUT2D eigenvalue weighted by molar-refractivity contribution is 6.42. The first-order valence-corrected chi connectivity index (χ1v) is 10.3. The molecule has 0 unspecified atom stereocenters. The predicted molar refractivity (Wildman–Crippen MR) is 117 cm³/mol. The Labute approximate surface area is 188 Å². The van der Waals surface area contributed by atoms with Crippen molar-refractivity contribution in [2.24, 2.45) is 0 Å². The first-order valence-electron chi connectivity index (χ1n) is 9.52. The highest BCUT2D eigenvalue weighted by Gasteiger charge is 2.14. The zero-order chi connectivity index (χ0) is 21.8. The van der Waals surface area contributed by atoms with Crippen LogP contribution in [0.1, 0.15) is 28.8 Å². The molecule has 4 aromatic rings. The third kappa shape index (κ3) is 5.10. The van der Waals surface area contributed by atoms with Gasteiger partial charge in [0.1, 0.15) is 23.1 Å². The maximum atomic E-state index is 12.5. The minimum Gasteiger partial charge on any atom is -0.484 e. The van der Waals surface area contributed by atoms with E-state index in [0.717, 1.165) is 12.1 Å². The monoisotopic (exact) mass is 459 g/mol. The van der Waals surface area contributed by atoms with E-state index in [4.69, 9.17) is 32.4 Å². The molecule has 4 rings (SSSR count). The van der Waals surface area contributed by atoms with E-state index in [1.54, 1.807) is 53.6 Å². The van der Waals surface area contributed by atoms with Crippen LogP contribution in [0.15, 0.2) is 59.5 Å². The normalized spacial score (nSPS) is 10.9. The number of rotatable bonds is 8. The van der Waals surface area contributed by atoms with Gasteiger partial charge in [0.15, 0.2) is 5.76 Å². The largest absolute Gasteiger partial charge is 0.484 e. The summed E-state index contributed by atoms with van der Waals surface area (Å²) in [5.41, 5.74) is 1.59. The number of anilines is 1. The highest BCUT2D eigenvalue weighted by atomic mass is 35.5. The number of hydrogen-bond donors (Lipinski definition) is 1. The van der Waals surface area contributed by atoms with Crippen molar-refractivity contribution in [3.63, 3.8) is 0 Å². The standard InChI is InChI=1S/C21H19Cl2N5O3/c1-2-27-10-14(8-24-27)11-28-12-15(9-25-28)26-21(29)19-7-6-16(31-19)13-30-18-5-3-4-17(22)20(18)23/h3-10,12H,2,11,13H2,1H3,(H,26,29). The molecule has 0 saturated heterocycles. The lowest BCUT2D eigenvalue weighted by Gasteiger charge is -2.07. The van der Waals surface area contributed by atoms with Gasteiger partial charge in [-0.1, -0.05) is 29.3 Å². The Morgan fingerprint density at radius 2 is 1.97 bits per heavy atom. The Balaban J connectivity index is 1.33. The van der Waals surface area contributed by atoms with Crippen molar-refractivity contribution in [3.05, 3.63) is 82.2 Å². The number of carbonyl (C=O) groups is 1. The number of aryl methyl sites for hydroxylation is 1. The van der Waals surface area contributed by atoms with Gasteiger partial charge in [-0.05, 0) is 31.2 Å². The van der Waals surface area contributed by atoms with Gasteiger partial charge in [-0.2, -0.15) is 10.2 Å². The van der Waals surface area contributed by atoms with E-state index in [1.807, 2.05) is 17.8 Å². The maximum Gasteiger partial charge on any atom is 0.291 e. The Kier molecular flexibility index (Phi) is 6.29. The zero-order valence-corrected chi connectivity index (χ0v) is 18.1. The molecule has 0 aliphatic rings. The molecular formula is C21H19Cl2N5O3. The van der Waals surface area contributed by atoms with E-state index < -0.39 is 0 Å². The van der Waals surface area contributed by atoms with Crippen molar-refractivity contribution in [3.8, 4) is 5.75 Å². The average molecular weight is 460 g/mol. The molecule has 160 valence electrons. The molecule has 0 spiro atoms. The molecule has 10 heteroatoms. The second-order valence-electron chi connectivity index (χ2n) is 6.69. The Morgan fingerprint density at radius 3 is 2.77 bits per heavy atom. The van der Waals surface area contributed by atoms with Crippen LogP contribution in [-0.2, 0) is 19.7 Å². The van der Waals surface area contributed by atoms with Crippen LogP contribution >= 0.6 is 23.2 Å². The summed E-state index contributed by atoms with van der Waals surface area (Å²) in [7, 11) is 0. The maximum absolute atomic E-state index is 12.5. The van der Waals surface area contributed by atoms with E-state index in [1.165, 1.54) is 0 Å². The van der Waals surface area contributed by atoms with Crippen LogP contribution in [0, 0.1) is 0 Å². The van der Waals surface area contributed by atoms with Crippen molar-refractivity contribution in [2.75, 3.05) is 5.32 Å². The summed E-state index contributed by atoms with van der Waals surface area (Å²) < 4.78 is 14.8. The number of ether oxygens (including phenoxy) is 1. The lowest BCUT2D eigenvalue weighted by atomic mass is 10.3. The van der Waals surface area contributed by atoms with Gasteiger partial charge in [-0.3, -0.25) is 14.2 Å². The summed E-state index contributed by atoms with van der Waals surface area (Å²) in [6.07, 6.45) is 7.08. The van der Waals surface area contributed by atoms with Crippen LogP contribution in [-0.4, -0.2) is 25.5 Å². The minimum atomic E-state index is -0.384. The number of aromatic nitrogens is 4. The number of amides is 1. The van der Waals surface area contributed by atoms with E-state index >= 15 is 0 Å². The van der Waals surface area contributed by atoms with Crippen LogP contribution in [0.3, 0.4) is 0 Å². The summed E-state index contributed by atoms with van der Waals surface area (Å²) in [6, 6.07) is 8.36. The molecule has 0 bridgehead atoms. The Morgan fingerprint density at radius 1 is 1.13 bits per heavy atom. The van der Waals surface area contributed by atoms with Gasteiger partial charge >= 0.3 is 0 Å². The fourth-order valence-corrected chi connectivity index (χ4v) is 3.22. The van der Waals surface area contributed by atoms with E-state index in [0.29, 0.717) is 33.8 Å². The van der Waals surface area contributed by atoms with Crippen LogP contribution in [0.2, 0.25) is 10.0 Å². The van der Waals surface area contributed by atoms with Crippen molar-refractivity contribution in [1.29, 1.82) is 0 Å². The van der Waals surface area contributed by atoms with Crippen molar-refractivity contribution < 1.29 is 13.9 Å². The lowest BCUT2D eigenvalue weighted by Crippen LogP contribution is -2.10. The Bertz CT molecular complexity index is 1200. The topological polar surface area (TPSA) is 87.1 Å². The molecule has 8 nitrogen and oxygen atoms in total. The first kappa shape index (κ1) is 21.0. The molecule has 1 aromatic carbocycles. The van der Waals surface area contributed by atoms with Crippen LogP contribution < -0.4 is 10.1 Å². The molecule has 1 amide bonds. The third-order valence-corrected chi connectivity index (χ3v) is 5.22. The van der Waals surface area contributed by atoms with Gasteiger partial charge in [0.25, 0.3) is 5.91 Å². The molecule has 0 aliphatic heterocycles. The molecule has 0 fully saturated rings. The van der Waals surface area contributed by atoms with E-state index in [-0.39, 0.29) is 18.3 Å². The number of nitrogens with zero attached hydrogens (tertiary/aromatic N) is 4. The van der Waals surface area contributed by atoms with E-state index in [2.05, 4.69) is 15.5 Å². The lowest BCUT2D eigenvalue weighted by molar-refractivity contribution is 0.0992. The van der Waals surface area contributed by atoms with Gasteiger partial charge in [-0.15, -0.1) is 0 Å². The second-order valence-corrected chi connectivity index (χ2v) is 7.48. The smallest absolute Gasteiger partial charge is 0.291 e. The molecule has 0 saturated carbocycles. The number of hydrogen-bond acceptors (Lipinski definition) is 5. The number of carbonyl (C=O) groups excluding carboxylic acids is 1. The van der Waals surface area contributed by atoms with Crippen molar-refractivity contribution in [2.45, 2.75) is 26.6 Å². The average Bonchev–Trinajstić information content (AvgIpc) is 3.51. The zero-order valence-electron chi connectivity index (χ0n) is 16.6. The molecule has 31 heavy (non-hydrogen) atoms. The molecule has 3 aromatic heterocycles. The number of halogens is 2. The molecule has 0 radical (unpaired) electrons. The number of furan rings is 1. The predicted octanol–water partition coefficient (Wildman–Crippen LogP) is 4.88. The third-order valence-electron chi connectivity index (χ3n) is 4.42. The summed E-state index contributed by atoms with van der Waals surface area (Å²) in [5, 5.41) is 12.0.